The molecule has 0 saturated carbocycles. The van der Waals surface area contributed by atoms with E-state index in [4.69, 9.17) is 29.0 Å². The second-order valence-electron chi connectivity index (χ2n) is 4.31. The molecule has 2 rings (SSSR count). The van der Waals surface area contributed by atoms with Crippen molar-refractivity contribution in [2.75, 3.05) is 12.3 Å². The van der Waals surface area contributed by atoms with E-state index < -0.39 is 15.7 Å². The summed E-state index contributed by atoms with van der Waals surface area (Å²) in [7, 11) is -3.95. The van der Waals surface area contributed by atoms with Gasteiger partial charge in [-0.25, -0.2) is 13.6 Å². The summed E-state index contributed by atoms with van der Waals surface area (Å²) < 4.78 is 23.6. The Morgan fingerprint density at radius 1 is 1.60 bits per heavy atom. The van der Waals surface area contributed by atoms with Crippen LogP contribution in [0.2, 0.25) is 5.02 Å². The fourth-order valence-electron chi connectivity index (χ4n) is 2.07. The second-order valence-corrected chi connectivity index (χ2v) is 7.85. The lowest BCUT2D eigenvalue weighted by molar-refractivity contribution is -0.0442. The fraction of sp³-hybridized carbons (Fsp3) is 0.364. The van der Waals surface area contributed by atoms with Crippen molar-refractivity contribution in [2.45, 2.75) is 17.5 Å². The average molecular weight is 353 g/mol. The lowest BCUT2D eigenvalue weighted by Crippen LogP contribution is -2.44. The summed E-state index contributed by atoms with van der Waals surface area (Å²) >= 11 is 12.4. The minimum Gasteiger partial charge on any atom is -0.366 e. The zero-order chi connectivity index (χ0) is 15.1. The first-order valence-corrected chi connectivity index (χ1v) is 9.01. The number of nitrogens with zero attached hydrogens (tertiary/aromatic N) is 1. The molecule has 1 fully saturated rings. The summed E-state index contributed by atoms with van der Waals surface area (Å²) in [4.78, 5) is 1.44. The zero-order valence-electron chi connectivity index (χ0n) is 10.5. The van der Waals surface area contributed by atoms with Crippen molar-refractivity contribution in [3.05, 3.63) is 28.8 Å². The van der Waals surface area contributed by atoms with Gasteiger partial charge in [-0.05, 0) is 19.1 Å². The monoisotopic (exact) mass is 352 g/mol. The molecule has 0 amide bonds. The number of hydrogen-bond acceptors (Lipinski definition) is 5. The Balaban J connectivity index is 2.57. The van der Waals surface area contributed by atoms with E-state index in [2.05, 4.69) is 0 Å². The molecule has 3 N–H and O–H groups in total. The number of thioether (sulfide) groups is 1. The van der Waals surface area contributed by atoms with Crippen LogP contribution in [0, 0.1) is 0 Å². The first-order chi connectivity index (χ1) is 9.20. The van der Waals surface area contributed by atoms with Crippen LogP contribution in [0.25, 0.3) is 0 Å². The number of thiocarbonyl (C=S) groups is 1. The molecule has 1 aromatic carbocycles. The van der Waals surface area contributed by atoms with Crippen LogP contribution in [-0.2, 0) is 15.7 Å². The number of rotatable bonds is 3. The summed E-state index contributed by atoms with van der Waals surface area (Å²) in [6.45, 7) is 2.37. The number of benzene rings is 1. The van der Waals surface area contributed by atoms with Crippen molar-refractivity contribution in [2.24, 2.45) is 5.14 Å². The van der Waals surface area contributed by atoms with Gasteiger partial charge in [-0.2, -0.15) is 0 Å². The zero-order valence-corrected chi connectivity index (χ0v) is 13.7. The lowest BCUT2D eigenvalue weighted by Gasteiger charge is -2.33. The number of nitrogens with two attached hydrogens (primary N) is 1. The molecule has 1 atom stereocenters. The highest BCUT2D eigenvalue weighted by Gasteiger charge is 2.43. The van der Waals surface area contributed by atoms with Gasteiger partial charge in [0.1, 0.15) is 9.22 Å². The number of hydrogen-bond donors (Lipinski definition) is 2. The maximum Gasteiger partial charge on any atom is 0.239 e. The molecule has 1 saturated heterocycles. The van der Waals surface area contributed by atoms with Gasteiger partial charge < -0.3 is 10.0 Å². The van der Waals surface area contributed by atoms with Crippen molar-refractivity contribution in [1.82, 2.24) is 4.90 Å². The smallest absolute Gasteiger partial charge is 0.239 e. The van der Waals surface area contributed by atoms with Gasteiger partial charge in [0.15, 0.2) is 5.72 Å². The minimum atomic E-state index is -3.95. The van der Waals surface area contributed by atoms with Crippen LogP contribution in [-0.4, -0.2) is 35.0 Å². The Hall–Kier alpha value is -0.380. The van der Waals surface area contributed by atoms with Crippen LogP contribution in [0.3, 0.4) is 0 Å². The van der Waals surface area contributed by atoms with E-state index in [1.54, 1.807) is 11.0 Å². The van der Waals surface area contributed by atoms with Crippen LogP contribution in [0.4, 0.5) is 0 Å². The van der Waals surface area contributed by atoms with E-state index in [0.29, 0.717) is 22.2 Å². The van der Waals surface area contributed by atoms with E-state index in [1.165, 1.54) is 23.9 Å². The standard InChI is InChI=1S/C11H13ClN2O3S3/c1-2-14-10(18)19-6-11(14,15)7-3-4-8(12)9(5-7)20(13,16)17/h3-5,15H,2,6H2,1H3,(H2,13,16,17). The number of halogens is 1. The minimum absolute atomic E-state index is 0.0242. The topological polar surface area (TPSA) is 83.6 Å². The molecule has 9 heteroatoms. The van der Waals surface area contributed by atoms with Gasteiger partial charge in [0.05, 0.1) is 10.8 Å². The Bertz CT molecular complexity index is 665. The molecule has 1 aliphatic heterocycles. The molecule has 0 radical (unpaired) electrons. The normalized spacial score (nSPS) is 23.4. The molecule has 1 aliphatic rings. The summed E-state index contributed by atoms with van der Waals surface area (Å²) in [5.74, 6) is 0.325. The fourth-order valence-corrected chi connectivity index (χ4v) is 4.68. The van der Waals surface area contributed by atoms with Crippen LogP contribution in [0.15, 0.2) is 23.1 Å². The Morgan fingerprint density at radius 3 is 2.80 bits per heavy atom. The highest BCUT2D eigenvalue weighted by molar-refractivity contribution is 8.23. The van der Waals surface area contributed by atoms with Gasteiger partial charge in [0, 0.05) is 12.1 Å². The van der Waals surface area contributed by atoms with Crippen LogP contribution >= 0.6 is 35.6 Å². The summed E-state index contributed by atoms with van der Waals surface area (Å²) in [5, 5.41) is 16.0. The molecule has 110 valence electrons. The number of sulfonamides is 1. The van der Waals surface area contributed by atoms with E-state index >= 15 is 0 Å². The molecule has 0 spiro atoms. The van der Waals surface area contributed by atoms with Crippen LogP contribution < -0.4 is 5.14 Å². The first-order valence-electron chi connectivity index (χ1n) is 5.69. The Kier molecular flexibility index (Phi) is 4.35. The quantitative estimate of drug-likeness (QED) is 0.802. The largest absolute Gasteiger partial charge is 0.366 e. The maximum atomic E-state index is 11.5. The van der Waals surface area contributed by atoms with E-state index in [1.807, 2.05) is 6.92 Å². The predicted octanol–water partition coefficient (Wildman–Crippen LogP) is 1.49. The molecule has 5 nitrogen and oxygen atoms in total. The molecule has 20 heavy (non-hydrogen) atoms. The van der Waals surface area contributed by atoms with E-state index in [9.17, 15) is 13.5 Å². The van der Waals surface area contributed by atoms with Gasteiger partial charge in [-0.3, -0.25) is 0 Å². The molecule has 0 aromatic heterocycles. The van der Waals surface area contributed by atoms with Crippen molar-refractivity contribution in [3.8, 4) is 0 Å². The third-order valence-corrected chi connectivity index (χ3v) is 6.06. The molecule has 0 aliphatic carbocycles. The summed E-state index contributed by atoms with van der Waals surface area (Å²) in [6.07, 6.45) is 0. The molecular weight excluding hydrogens is 340 g/mol. The molecular formula is C11H13ClN2O3S3. The number of aliphatic hydroxyl groups is 1. The van der Waals surface area contributed by atoms with E-state index in [0.717, 1.165) is 0 Å². The van der Waals surface area contributed by atoms with Crippen molar-refractivity contribution in [1.29, 1.82) is 0 Å². The SMILES string of the molecule is CCN1C(=S)SCC1(O)c1ccc(Cl)c(S(N)(=O)=O)c1. The molecule has 0 bridgehead atoms. The van der Waals surface area contributed by atoms with Crippen molar-refractivity contribution < 1.29 is 13.5 Å². The maximum absolute atomic E-state index is 11.5. The van der Waals surface area contributed by atoms with Gasteiger partial charge in [0.25, 0.3) is 0 Å². The summed E-state index contributed by atoms with van der Waals surface area (Å²) in [5.41, 5.74) is -0.944. The third-order valence-electron chi connectivity index (χ3n) is 3.08. The van der Waals surface area contributed by atoms with Gasteiger partial charge in [-0.1, -0.05) is 41.6 Å². The predicted molar refractivity (Wildman–Crippen MR) is 84.2 cm³/mol. The van der Waals surface area contributed by atoms with Gasteiger partial charge >= 0.3 is 0 Å². The lowest BCUT2D eigenvalue weighted by atomic mass is 10.0. The summed E-state index contributed by atoms with van der Waals surface area (Å²) in [6, 6.07) is 4.29. The molecule has 1 unspecified atom stereocenters. The van der Waals surface area contributed by atoms with Crippen LogP contribution in [0.1, 0.15) is 12.5 Å². The highest BCUT2D eigenvalue weighted by atomic mass is 35.5. The Labute approximate surface area is 132 Å². The Morgan fingerprint density at radius 2 is 2.25 bits per heavy atom. The molecule has 1 aromatic rings. The highest BCUT2D eigenvalue weighted by Crippen LogP contribution is 2.40. The van der Waals surface area contributed by atoms with Gasteiger partial charge in [0.2, 0.25) is 10.0 Å². The third kappa shape index (κ3) is 2.68. The van der Waals surface area contributed by atoms with Gasteiger partial charge in [-0.15, -0.1) is 0 Å². The van der Waals surface area contributed by atoms with Crippen LogP contribution in [0.5, 0.6) is 0 Å². The second kappa shape index (κ2) is 5.43. The molecule has 1 heterocycles. The average Bonchev–Trinajstić information content (AvgIpc) is 2.65. The number of primary sulfonamides is 1. The van der Waals surface area contributed by atoms with Crippen molar-refractivity contribution >= 4 is 49.9 Å². The first kappa shape index (κ1) is 16.0. The van der Waals surface area contributed by atoms with Crippen molar-refractivity contribution in [3.63, 3.8) is 0 Å². The van der Waals surface area contributed by atoms with E-state index in [-0.39, 0.29) is 9.92 Å².